The molecule has 0 N–H and O–H groups in total. The first-order valence-corrected chi connectivity index (χ1v) is 5.85. The Morgan fingerprint density at radius 1 is 0.875 bits per heavy atom. The summed E-state index contributed by atoms with van der Waals surface area (Å²) >= 11 is 0. The Kier molecular flexibility index (Phi) is 3.40. The highest BCUT2D eigenvalue weighted by Gasteiger charge is 2.02. The molecule has 0 radical (unpaired) electrons. The molecule has 0 heterocycles. The molecular formula is C16H18. The van der Waals surface area contributed by atoms with Crippen LogP contribution in [0.15, 0.2) is 70.9 Å². The number of hydrogen-bond acceptors (Lipinski definition) is 0. The van der Waals surface area contributed by atoms with Crippen molar-refractivity contribution in [3.63, 3.8) is 0 Å². The van der Waals surface area contributed by atoms with Crippen molar-refractivity contribution < 1.29 is 0 Å². The molecule has 0 aromatic rings. The molecule has 0 aromatic carbocycles. The highest BCUT2D eigenvalue weighted by Crippen LogP contribution is 2.21. The van der Waals surface area contributed by atoms with Crippen molar-refractivity contribution in [1.29, 1.82) is 0 Å². The molecule has 0 spiro atoms. The van der Waals surface area contributed by atoms with Gasteiger partial charge in [-0.2, -0.15) is 0 Å². The van der Waals surface area contributed by atoms with Crippen LogP contribution in [0.4, 0.5) is 0 Å². The summed E-state index contributed by atoms with van der Waals surface area (Å²) in [5, 5.41) is 0. The molecule has 0 unspecified atom stereocenters. The normalized spacial score (nSPS) is 20.4. The minimum Gasteiger partial charge on any atom is -0.0799 e. The van der Waals surface area contributed by atoms with Gasteiger partial charge in [-0.05, 0) is 37.8 Å². The topological polar surface area (TPSA) is 0 Å². The van der Waals surface area contributed by atoms with Crippen molar-refractivity contribution in [2.24, 2.45) is 0 Å². The zero-order chi connectivity index (χ0) is 11.4. The SMILES string of the molecule is CC1=CCC=C(C2=CC=C(C)CC=C2)C=C1. The van der Waals surface area contributed by atoms with Crippen molar-refractivity contribution in [3.8, 4) is 0 Å². The minimum atomic E-state index is 1.03. The summed E-state index contributed by atoms with van der Waals surface area (Å²) in [5.74, 6) is 0. The number of allylic oxidation sites excluding steroid dienone is 12. The van der Waals surface area contributed by atoms with Crippen LogP contribution in [0.3, 0.4) is 0 Å². The lowest BCUT2D eigenvalue weighted by Crippen LogP contribution is -1.81. The lowest BCUT2D eigenvalue weighted by Gasteiger charge is -2.01. The van der Waals surface area contributed by atoms with E-state index in [1.165, 1.54) is 22.3 Å². The predicted octanol–water partition coefficient (Wildman–Crippen LogP) is 4.65. The maximum atomic E-state index is 2.29. The highest BCUT2D eigenvalue weighted by molar-refractivity contribution is 5.51. The molecule has 2 aliphatic carbocycles. The van der Waals surface area contributed by atoms with Crippen molar-refractivity contribution in [2.75, 3.05) is 0 Å². The summed E-state index contributed by atoms with van der Waals surface area (Å²) in [5.41, 5.74) is 5.40. The Balaban J connectivity index is 2.26. The smallest absolute Gasteiger partial charge is 0.0135 e. The lowest BCUT2D eigenvalue weighted by atomic mass is 10.0. The predicted molar refractivity (Wildman–Crippen MR) is 71.2 cm³/mol. The molecule has 0 bridgehead atoms. The fourth-order valence-electron chi connectivity index (χ4n) is 1.86. The van der Waals surface area contributed by atoms with Crippen LogP contribution in [-0.2, 0) is 0 Å². The second kappa shape index (κ2) is 4.98. The van der Waals surface area contributed by atoms with Gasteiger partial charge in [0.25, 0.3) is 0 Å². The van der Waals surface area contributed by atoms with E-state index in [2.05, 4.69) is 62.5 Å². The first-order valence-electron chi connectivity index (χ1n) is 5.85. The molecule has 0 saturated carbocycles. The fraction of sp³-hybridized carbons (Fsp3) is 0.250. The summed E-state index contributed by atoms with van der Waals surface area (Å²) in [4.78, 5) is 0. The molecule has 0 amide bonds. The lowest BCUT2D eigenvalue weighted by molar-refractivity contribution is 1.22. The third-order valence-electron chi connectivity index (χ3n) is 2.92. The largest absolute Gasteiger partial charge is 0.0799 e. The van der Waals surface area contributed by atoms with E-state index in [1.807, 2.05) is 0 Å². The molecule has 16 heavy (non-hydrogen) atoms. The molecule has 82 valence electrons. The van der Waals surface area contributed by atoms with E-state index in [0.717, 1.165) is 12.8 Å². The number of rotatable bonds is 1. The van der Waals surface area contributed by atoms with Gasteiger partial charge in [-0.3, -0.25) is 0 Å². The standard InChI is InChI=1S/C16H18/c1-13-5-3-7-15(11-9-13)16-8-4-6-14(2)10-12-16/h3,6-12H,4-5H2,1-2H3. The van der Waals surface area contributed by atoms with Gasteiger partial charge in [0.15, 0.2) is 0 Å². The summed E-state index contributed by atoms with van der Waals surface area (Å²) in [6, 6.07) is 0. The molecule has 0 atom stereocenters. The van der Waals surface area contributed by atoms with E-state index in [4.69, 9.17) is 0 Å². The first-order chi connectivity index (χ1) is 7.75. The monoisotopic (exact) mass is 210 g/mol. The Hall–Kier alpha value is -1.56. The van der Waals surface area contributed by atoms with E-state index in [1.54, 1.807) is 0 Å². The van der Waals surface area contributed by atoms with E-state index >= 15 is 0 Å². The maximum Gasteiger partial charge on any atom is -0.0135 e. The summed E-state index contributed by atoms with van der Waals surface area (Å²) in [6.45, 7) is 4.32. The zero-order valence-corrected chi connectivity index (χ0v) is 10.0. The van der Waals surface area contributed by atoms with Gasteiger partial charge < -0.3 is 0 Å². The molecule has 2 rings (SSSR count). The summed E-state index contributed by atoms with van der Waals surface area (Å²) in [6.07, 6.45) is 19.9. The fourth-order valence-corrected chi connectivity index (χ4v) is 1.86. The Morgan fingerprint density at radius 2 is 1.75 bits per heavy atom. The third-order valence-corrected chi connectivity index (χ3v) is 2.92. The Morgan fingerprint density at radius 3 is 2.62 bits per heavy atom. The van der Waals surface area contributed by atoms with Crippen molar-refractivity contribution in [3.05, 3.63) is 70.9 Å². The molecule has 0 saturated heterocycles. The molecule has 0 nitrogen and oxygen atoms in total. The summed E-state index contributed by atoms with van der Waals surface area (Å²) < 4.78 is 0. The average molecular weight is 210 g/mol. The second-order valence-electron chi connectivity index (χ2n) is 4.42. The van der Waals surface area contributed by atoms with Gasteiger partial charge in [-0.25, -0.2) is 0 Å². The molecular weight excluding hydrogens is 192 g/mol. The van der Waals surface area contributed by atoms with E-state index < -0.39 is 0 Å². The van der Waals surface area contributed by atoms with Crippen LogP contribution >= 0.6 is 0 Å². The maximum absolute atomic E-state index is 2.29. The quantitative estimate of drug-likeness (QED) is 0.591. The Labute approximate surface area is 98.1 Å². The Bertz CT molecular complexity index is 448. The minimum absolute atomic E-state index is 1.03. The first kappa shape index (κ1) is 10.9. The molecule has 0 aromatic heterocycles. The van der Waals surface area contributed by atoms with Gasteiger partial charge in [-0.15, -0.1) is 0 Å². The van der Waals surface area contributed by atoms with Crippen LogP contribution in [0.1, 0.15) is 26.7 Å². The van der Waals surface area contributed by atoms with Crippen LogP contribution in [0.2, 0.25) is 0 Å². The molecule has 0 aliphatic heterocycles. The van der Waals surface area contributed by atoms with Crippen LogP contribution in [0.5, 0.6) is 0 Å². The van der Waals surface area contributed by atoms with Crippen LogP contribution in [0.25, 0.3) is 0 Å². The van der Waals surface area contributed by atoms with Crippen molar-refractivity contribution in [2.45, 2.75) is 26.7 Å². The van der Waals surface area contributed by atoms with Crippen LogP contribution < -0.4 is 0 Å². The van der Waals surface area contributed by atoms with Crippen LogP contribution in [0, 0.1) is 0 Å². The van der Waals surface area contributed by atoms with Gasteiger partial charge in [0.1, 0.15) is 0 Å². The van der Waals surface area contributed by atoms with E-state index in [9.17, 15) is 0 Å². The number of hydrogen-bond donors (Lipinski definition) is 0. The molecule has 0 fully saturated rings. The highest BCUT2D eigenvalue weighted by atomic mass is 14.1. The summed E-state index contributed by atoms with van der Waals surface area (Å²) in [7, 11) is 0. The van der Waals surface area contributed by atoms with E-state index in [0.29, 0.717) is 0 Å². The molecule has 2 aliphatic rings. The van der Waals surface area contributed by atoms with Gasteiger partial charge in [0, 0.05) is 0 Å². The molecule has 0 heteroatoms. The van der Waals surface area contributed by atoms with Gasteiger partial charge in [-0.1, -0.05) is 59.8 Å². The van der Waals surface area contributed by atoms with Crippen molar-refractivity contribution in [1.82, 2.24) is 0 Å². The van der Waals surface area contributed by atoms with Gasteiger partial charge in [0.05, 0.1) is 0 Å². The third kappa shape index (κ3) is 2.73. The second-order valence-corrected chi connectivity index (χ2v) is 4.42. The van der Waals surface area contributed by atoms with Crippen LogP contribution in [-0.4, -0.2) is 0 Å². The van der Waals surface area contributed by atoms with Gasteiger partial charge >= 0.3 is 0 Å². The zero-order valence-electron chi connectivity index (χ0n) is 10.0. The van der Waals surface area contributed by atoms with Crippen molar-refractivity contribution >= 4 is 0 Å². The average Bonchev–Trinajstić information content (AvgIpc) is 2.59. The van der Waals surface area contributed by atoms with E-state index in [-0.39, 0.29) is 0 Å². The van der Waals surface area contributed by atoms with Gasteiger partial charge in [0.2, 0.25) is 0 Å².